The van der Waals surface area contributed by atoms with Gasteiger partial charge in [-0.25, -0.2) is 4.79 Å². The van der Waals surface area contributed by atoms with Crippen LogP contribution in [0.15, 0.2) is 0 Å². The van der Waals surface area contributed by atoms with Crippen LogP contribution in [0.25, 0.3) is 0 Å². The molecule has 2 aliphatic rings. The Hall–Kier alpha value is -2.05. The number of rotatable bonds is 2. The van der Waals surface area contributed by atoms with Gasteiger partial charge in [-0.05, 0) is 46.0 Å². The summed E-state index contributed by atoms with van der Waals surface area (Å²) in [5.41, 5.74) is 2.06. The number of amides is 2. The van der Waals surface area contributed by atoms with Gasteiger partial charge >= 0.3 is 6.09 Å². The molecule has 2 heterocycles. The summed E-state index contributed by atoms with van der Waals surface area (Å²) in [5.74, 6) is 0.326. The quantitative estimate of drug-likeness (QED) is 0.824. The van der Waals surface area contributed by atoms with Crippen molar-refractivity contribution in [3.05, 3.63) is 17.0 Å². The van der Waals surface area contributed by atoms with E-state index in [1.165, 1.54) is 0 Å². The van der Waals surface area contributed by atoms with Gasteiger partial charge in [-0.3, -0.25) is 9.48 Å². The van der Waals surface area contributed by atoms with Gasteiger partial charge in [0.2, 0.25) is 0 Å². The van der Waals surface area contributed by atoms with Crippen molar-refractivity contribution in [2.75, 3.05) is 20.6 Å². The molecule has 0 saturated heterocycles. The van der Waals surface area contributed by atoms with Crippen LogP contribution in [-0.2, 0) is 17.8 Å². The van der Waals surface area contributed by atoms with E-state index in [0.29, 0.717) is 24.7 Å². The normalized spacial score (nSPS) is 17.7. The molecule has 1 aliphatic carbocycles. The maximum absolute atomic E-state index is 12.5. The Balaban J connectivity index is 1.92. The molecule has 1 aliphatic heterocycles. The third kappa shape index (κ3) is 3.80. The first-order valence-corrected chi connectivity index (χ1v) is 8.96. The Morgan fingerprint density at radius 1 is 1.20 bits per heavy atom. The Kier molecular flexibility index (Phi) is 4.51. The lowest BCUT2D eigenvalue weighted by Gasteiger charge is -2.26. The van der Waals surface area contributed by atoms with Gasteiger partial charge in [0.05, 0.1) is 12.2 Å². The zero-order valence-electron chi connectivity index (χ0n) is 15.8. The Morgan fingerprint density at radius 3 is 2.44 bits per heavy atom. The first-order valence-electron chi connectivity index (χ1n) is 8.96. The molecule has 0 aromatic carbocycles. The molecular formula is C18H28N4O3. The van der Waals surface area contributed by atoms with Crippen LogP contribution < -0.4 is 0 Å². The molecule has 0 bridgehead atoms. The van der Waals surface area contributed by atoms with Crippen LogP contribution >= 0.6 is 0 Å². The number of hydrogen-bond acceptors (Lipinski definition) is 4. The zero-order valence-corrected chi connectivity index (χ0v) is 15.8. The number of ether oxygens (including phenoxy) is 1. The first kappa shape index (κ1) is 17.8. The molecule has 3 rings (SSSR count). The highest BCUT2D eigenvalue weighted by molar-refractivity contribution is 5.94. The van der Waals surface area contributed by atoms with Crippen LogP contribution in [0.1, 0.15) is 67.7 Å². The third-order valence-electron chi connectivity index (χ3n) is 4.48. The molecule has 1 saturated carbocycles. The SMILES string of the molecule is CN(C)C(=O)c1nn2c(c1C1CC1)CN(C(=O)OC(C)(C)C)CCC2. The van der Waals surface area contributed by atoms with Gasteiger partial charge < -0.3 is 14.5 Å². The lowest BCUT2D eigenvalue weighted by atomic mass is 10.1. The highest BCUT2D eigenvalue weighted by atomic mass is 16.6. The second-order valence-corrected chi connectivity index (χ2v) is 8.16. The van der Waals surface area contributed by atoms with E-state index >= 15 is 0 Å². The van der Waals surface area contributed by atoms with Crippen LogP contribution in [0, 0.1) is 0 Å². The van der Waals surface area contributed by atoms with Gasteiger partial charge in [-0.1, -0.05) is 0 Å². The van der Waals surface area contributed by atoms with Gasteiger partial charge in [0.1, 0.15) is 5.60 Å². The second kappa shape index (κ2) is 6.35. The minimum atomic E-state index is -0.519. The molecule has 0 N–H and O–H groups in total. The van der Waals surface area contributed by atoms with Crippen molar-refractivity contribution in [1.29, 1.82) is 0 Å². The monoisotopic (exact) mass is 348 g/mol. The lowest BCUT2D eigenvalue weighted by molar-refractivity contribution is 0.0236. The van der Waals surface area contributed by atoms with E-state index in [4.69, 9.17) is 4.74 Å². The Morgan fingerprint density at radius 2 is 1.88 bits per heavy atom. The number of aryl methyl sites for hydroxylation is 1. The predicted molar refractivity (Wildman–Crippen MR) is 93.5 cm³/mol. The molecule has 138 valence electrons. The van der Waals surface area contributed by atoms with Gasteiger partial charge in [0.25, 0.3) is 5.91 Å². The fourth-order valence-corrected chi connectivity index (χ4v) is 3.19. The molecule has 0 unspecified atom stereocenters. The van der Waals surface area contributed by atoms with Crippen LogP contribution in [-0.4, -0.2) is 57.8 Å². The topological polar surface area (TPSA) is 67.7 Å². The molecule has 2 amide bonds. The van der Waals surface area contributed by atoms with E-state index < -0.39 is 5.60 Å². The first-order chi connectivity index (χ1) is 11.7. The largest absolute Gasteiger partial charge is 0.444 e. The highest BCUT2D eigenvalue weighted by Gasteiger charge is 2.37. The maximum atomic E-state index is 12.5. The molecule has 7 nitrogen and oxygen atoms in total. The van der Waals surface area contributed by atoms with Gasteiger partial charge in [-0.15, -0.1) is 0 Å². The van der Waals surface area contributed by atoms with E-state index in [1.807, 2.05) is 25.5 Å². The summed E-state index contributed by atoms with van der Waals surface area (Å²) in [4.78, 5) is 28.4. The Bertz CT molecular complexity index is 683. The average Bonchev–Trinajstić information content (AvgIpc) is 3.29. The van der Waals surface area contributed by atoms with Crippen molar-refractivity contribution >= 4 is 12.0 Å². The predicted octanol–water partition coefficient (Wildman–Crippen LogP) is 2.60. The summed E-state index contributed by atoms with van der Waals surface area (Å²) in [6, 6.07) is 0. The number of aromatic nitrogens is 2. The van der Waals surface area contributed by atoms with Crippen LogP contribution in [0.3, 0.4) is 0 Å². The van der Waals surface area contributed by atoms with E-state index in [0.717, 1.165) is 37.1 Å². The second-order valence-electron chi connectivity index (χ2n) is 8.16. The van der Waals surface area contributed by atoms with E-state index in [2.05, 4.69) is 5.10 Å². The van der Waals surface area contributed by atoms with Crippen molar-refractivity contribution in [3.63, 3.8) is 0 Å². The number of nitrogens with zero attached hydrogens (tertiary/aromatic N) is 4. The highest BCUT2D eigenvalue weighted by Crippen LogP contribution is 2.44. The molecule has 0 radical (unpaired) electrons. The van der Waals surface area contributed by atoms with E-state index in [1.54, 1.807) is 23.9 Å². The van der Waals surface area contributed by atoms with Crippen LogP contribution in [0.4, 0.5) is 4.79 Å². The smallest absolute Gasteiger partial charge is 0.410 e. The number of carbonyl (C=O) groups excluding carboxylic acids is 2. The van der Waals surface area contributed by atoms with Gasteiger partial charge in [0, 0.05) is 32.7 Å². The van der Waals surface area contributed by atoms with Gasteiger partial charge in [-0.2, -0.15) is 5.10 Å². The molecule has 0 atom stereocenters. The van der Waals surface area contributed by atoms with E-state index in [9.17, 15) is 9.59 Å². The third-order valence-corrected chi connectivity index (χ3v) is 4.48. The van der Waals surface area contributed by atoms with Crippen molar-refractivity contribution in [1.82, 2.24) is 19.6 Å². The summed E-state index contributed by atoms with van der Waals surface area (Å²) in [6.07, 6.45) is 2.66. The van der Waals surface area contributed by atoms with Crippen LogP contribution in [0.2, 0.25) is 0 Å². The number of fused-ring (bicyclic) bond motifs is 1. The standard InChI is InChI=1S/C18H28N4O3/c1-18(2,3)25-17(24)21-9-6-10-22-13(11-21)14(12-7-8-12)15(19-22)16(23)20(4)5/h12H,6-11H2,1-5H3. The minimum Gasteiger partial charge on any atom is -0.444 e. The fourth-order valence-electron chi connectivity index (χ4n) is 3.19. The average molecular weight is 348 g/mol. The molecule has 1 aromatic rings. The molecule has 7 heteroatoms. The maximum Gasteiger partial charge on any atom is 0.410 e. The molecular weight excluding hydrogens is 320 g/mol. The minimum absolute atomic E-state index is 0.0636. The molecule has 1 aromatic heterocycles. The summed E-state index contributed by atoms with van der Waals surface area (Å²) in [7, 11) is 3.49. The van der Waals surface area contributed by atoms with E-state index in [-0.39, 0.29) is 12.0 Å². The summed E-state index contributed by atoms with van der Waals surface area (Å²) >= 11 is 0. The van der Waals surface area contributed by atoms with Gasteiger partial charge in [0.15, 0.2) is 5.69 Å². The van der Waals surface area contributed by atoms with Crippen molar-refractivity contribution in [2.24, 2.45) is 0 Å². The fraction of sp³-hybridized carbons (Fsp3) is 0.722. The van der Waals surface area contributed by atoms with Crippen molar-refractivity contribution in [2.45, 2.75) is 64.6 Å². The molecule has 25 heavy (non-hydrogen) atoms. The summed E-state index contributed by atoms with van der Waals surface area (Å²) in [5, 5.41) is 4.61. The summed E-state index contributed by atoms with van der Waals surface area (Å²) < 4.78 is 7.46. The number of hydrogen-bond donors (Lipinski definition) is 0. The molecule has 0 spiro atoms. The Labute approximate surface area is 148 Å². The summed E-state index contributed by atoms with van der Waals surface area (Å²) in [6.45, 7) is 7.42. The van der Waals surface area contributed by atoms with Crippen molar-refractivity contribution < 1.29 is 14.3 Å². The lowest BCUT2D eigenvalue weighted by Crippen LogP contribution is -2.36. The van der Waals surface area contributed by atoms with Crippen molar-refractivity contribution in [3.8, 4) is 0 Å². The van der Waals surface area contributed by atoms with Crippen LogP contribution in [0.5, 0.6) is 0 Å². The molecule has 1 fully saturated rings. The number of carbonyl (C=O) groups is 2. The zero-order chi connectivity index (χ0) is 18.4.